The highest BCUT2D eigenvalue weighted by Gasteiger charge is 2.17. The molecule has 0 radical (unpaired) electrons. The molecule has 0 aliphatic carbocycles. The zero-order valence-corrected chi connectivity index (χ0v) is 15.6. The molecule has 0 aromatic heterocycles. The average molecular weight is 362 g/mol. The van der Waals surface area contributed by atoms with E-state index in [1.54, 1.807) is 18.2 Å². The Balaban J connectivity index is 2.05. The number of rotatable bonds is 6. The first-order valence-electron chi connectivity index (χ1n) is 7.73. The number of carbonyl (C=O) groups is 1. The van der Waals surface area contributed by atoms with Gasteiger partial charge in [-0.3, -0.25) is 4.79 Å². The first kappa shape index (κ1) is 19.0. The van der Waals surface area contributed by atoms with Crippen LogP contribution in [-0.2, 0) is 14.8 Å². The molecule has 0 heterocycles. The lowest BCUT2D eigenvalue weighted by Crippen LogP contribution is -2.23. The van der Waals surface area contributed by atoms with E-state index in [9.17, 15) is 13.2 Å². The lowest BCUT2D eigenvalue weighted by atomic mass is 10.1. The van der Waals surface area contributed by atoms with Crippen molar-refractivity contribution < 1.29 is 17.9 Å². The Bertz CT molecular complexity index is 876. The minimum atomic E-state index is -3.55. The SMILES string of the molecule is Cc1cccc(OCC(=O)Nc2cccc(S(=O)(=O)N(C)C)c2)c1C. The van der Waals surface area contributed by atoms with Crippen LogP contribution in [0.15, 0.2) is 47.4 Å². The van der Waals surface area contributed by atoms with Crippen molar-refractivity contribution in [3.8, 4) is 5.75 Å². The minimum Gasteiger partial charge on any atom is -0.483 e. The molecule has 7 heteroatoms. The van der Waals surface area contributed by atoms with Gasteiger partial charge in [-0.1, -0.05) is 18.2 Å². The van der Waals surface area contributed by atoms with E-state index < -0.39 is 10.0 Å². The van der Waals surface area contributed by atoms with Gasteiger partial charge >= 0.3 is 0 Å². The summed E-state index contributed by atoms with van der Waals surface area (Å²) in [5.74, 6) is 0.291. The van der Waals surface area contributed by atoms with Gasteiger partial charge in [0.2, 0.25) is 10.0 Å². The van der Waals surface area contributed by atoms with Crippen molar-refractivity contribution in [1.29, 1.82) is 0 Å². The van der Waals surface area contributed by atoms with Crippen molar-refractivity contribution in [2.75, 3.05) is 26.0 Å². The fourth-order valence-corrected chi connectivity index (χ4v) is 3.11. The predicted octanol–water partition coefficient (Wildman–Crippen LogP) is 2.57. The average Bonchev–Trinajstić information content (AvgIpc) is 2.56. The molecule has 1 amide bonds. The van der Waals surface area contributed by atoms with Crippen LogP contribution in [0.4, 0.5) is 5.69 Å². The molecule has 0 unspecified atom stereocenters. The van der Waals surface area contributed by atoms with Crippen molar-refractivity contribution in [2.45, 2.75) is 18.7 Å². The normalized spacial score (nSPS) is 11.4. The van der Waals surface area contributed by atoms with E-state index in [4.69, 9.17) is 4.74 Å². The van der Waals surface area contributed by atoms with Crippen molar-refractivity contribution >= 4 is 21.6 Å². The molecule has 0 atom stereocenters. The smallest absolute Gasteiger partial charge is 0.262 e. The Morgan fingerprint density at radius 3 is 2.48 bits per heavy atom. The highest BCUT2D eigenvalue weighted by molar-refractivity contribution is 7.89. The van der Waals surface area contributed by atoms with E-state index in [-0.39, 0.29) is 17.4 Å². The summed E-state index contributed by atoms with van der Waals surface area (Å²) >= 11 is 0. The molecule has 2 rings (SSSR count). The zero-order valence-electron chi connectivity index (χ0n) is 14.7. The largest absolute Gasteiger partial charge is 0.483 e. The van der Waals surface area contributed by atoms with Crippen LogP contribution in [0, 0.1) is 13.8 Å². The maximum absolute atomic E-state index is 12.1. The molecule has 0 aliphatic heterocycles. The van der Waals surface area contributed by atoms with Gasteiger partial charge in [-0.2, -0.15) is 0 Å². The molecular formula is C18H22N2O4S. The number of carbonyl (C=O) groups excluding carboxylic acids is 1. The molecule has 0 bridgehead atoms. The summed E-state index contributed by atoms with van der Waals surface area (Å²) in [4.78, 5) is 12.2. The van der Waals surface area contributed by atoms with Gasteiger partial charge in [0, 0.05) is 19.8 Å². The third-order valence-corrected chi connectivity index (χ3v) is 5.62. The molecule has 2 aromatic rings. The van der Waals surface area contributed by atoms with Gasteiger partial charge in [-0.15, -0.1) is 0 Å². The van der Waals surface area contributed by atoms with Crippen LogP contribution in [0.3, 0.4) is 0 Å². The number of hydrogen-bond donors (Lipinski definition) is 1. The standard InChI is InChI=1S/C18H22N2O4S/c1-13-7-5-10-17(14(13)2)24-12-18(21)19-15-8-6-9-16(11-15)25(22,23)20(3)4/h5-11H,12H2,1-4H3,(H,19,21). The number of ether oxygens (including phenoxy) is 1. The molecule has 1 N–H and O–H groups in total. The van der Waals surface area contributed by atoms with E-state index in [1.807, 2.05) is 26.0 Å². The molecule has 2 aromatic carbocycles. The van der Waals surface area contributed by atoms with Crippen LogP contribution in [0.5, 0.6) is 5.75 Å². The fourth-order valence-electron chi connectivity index (χ4n) is 2.17. The number of amides is 1. The van der Waals surface area contributed by atoms with E-state index in [1.165, 1.54) is 26.2 Å². The number of aryl methyl sites for hydroxylation is 1. The number of nitrogens with zero attached hydrogens (tertiary/aromatic N) is 1. The lowest BCUT2D eigenvalue weighted by Gasteiger charge is -2.13. The maximum Gasteiger partial charge on any atom is 0.262 e. The lowest BCUT2D eigenvalue weighted by molar-refractivity contribution is -0.118. The van der Waals surface area contributed by atoms with Crippen molar-refractivity contribution in [2.24, 2.45) is 0 Å². The summed E-state index contributed by atoms with van der Waals surface area (Å²) in [6.45, 7) is 3.74. The monoisotopic (exact) mass is 362 g/mol. The summed E-state index contributed by atoms with van der Waals surface area (Å²) < 4.78 is 30.9. The van der Waals surface area contributed by atoms with Crippen LogP contribution in [0.1, 0.15) is 11.1 Å². The Kier molecular flexibility index (Phi) is 5.81. The van der Waals surface area contributed by atoms with E-state index in [0.29, 0.717) is 11.4 Å². The number of anilines is 1. The molecule has 6 nitrogen and oxygen atoms in total. The Morgan fingerprint density at radius 2 is 1.80 bits per heavy atom. The van der Waals surface area contributed by atoms with Crippen molar-refractivity contribution in [3.05, 3.63) is 53.6 Å². The van der Waals surface area contributed by atoms with Crippen LogP contribution >= 0.6 is 0 Å². The first-order chi connectivity index (χ1) is 11.7. The van der Waals surface area contributed by atoms with Crippen LogP contribution in [-0.4, -0.2) is 39.3 Å². The summed E-state index contributed by atoms with van der Waals surface area (Å²) in [6, 6.07) is 11.8. The molecule has 25 heavy (non-hydrogen) atoms. The third-order valence-electron chi connectivity index (χ3n) is 3.81. The second-order valence-corrected chi connectivity index (χ2v) is 8.00. The van der Waals surface area contributed by atoms with Crippen LogP contribution < -0.4 is 10.1 Å². The van der Waals surface area contributed by atoms with Crippen LogP contribution in [0.25, 0.3) is 0 Å². The number of nitrogens with one attached hydrogen (secondary N) is 1. The van der Waals surface area contributed by atoms with Crippen molar-refractivity contribution in [1.82, 2.24) is 4.31 Å². The first-order valence-corrected chi connectivity index (χ1v) is 9.17. The Hall–Kier alpha value is -2.38. The molecular weight excluding hydrogens is 340 g/mol. The number of benzene rings is 2. The van der Waals surface area contributed by atoms with Gasteiger partial charge in [-0.25, -0.2) is 12.7 Å². The predicted molar refractivity (Wildman–Crippen MR) is 97.4 cm³/mol. The third kappa shape index (κ3) is 4.58. The molecule has 0 saturated carbocycles. The van der Waals surface area contributed by atoms with Crippen molar-refractivity contribution in [3.63, 3.8) is 0 Å². The molecule has 0 aliphatic rings. The van der Waals surface area contributed by atoms with Gasteiger partial charge in [-0.05, 0) is 49.2 Å². The maximum atomic E-state index is 12.1. The summed E-state index contributed by atoms with van der Waals surface area (Å²) in [5, 5.41) is 2.65. The van der Waals surface area contributed by atoms with Gasteiger partial charge < -0.3 is 10.1 Å². The van der Waals surface area contributed by atoms with E-state index in [0.717, 1.165) is 15.4 Å². The number of hydrogen-bond acceptors (Lipinski definition) is 4. The highest BCUT2D eigenvalue weighted by Crippen LogP contribution is 2.21. The fraction of sp³-hybridized carbons (Fsp3) is 0.278. The van der Waals surface area contributed by atoms with E-state index >= 15 is 0 Å². The Morgan fingerprint density at radius 1 is 1.12 bits per heavy atom. The van der Waals surface area contributed by atoms with Gasteiger partial charge in [0.1, 0.15) is 5.75 Å². The quantitative estimate of drug-likeness (QED) is 0.857. The second-order valence-electron chi connectivity index (χ2n) is 5.85. The summed E-state index contributed by atoms with van der Waals surface area (Å²) in [5.41, 5.74) is 2.46. The minimum absolute atomic E-state index is 0.116. The summed E-state index contributed by atoms with van der Waals surface area (Å²) in [7, 11) is -0.636. The summed E-state index contributed by atoms with van der Waals surface area (Å²) in [6.07, 6.45) is 0. The van der Waals surface area contributed by atoms with E-state index in [2.05, 4.69) is 5.32 Å². The van der Waals surface area contributed by atoms with Gasteiger partial charge in [0.05, 0.1) is 4.90 Å². The van der Waals surface area contributed by atoms with Gasteiger partial charge in [0.25, 0.3) is 5.91 Å². The molecule has 0 saturated heterocycles. The molecule has 0 spiro atoms. The topological polar surface area (TPSA) is 75.7 Å². The van der Waals surface area contributed by atoms with Crippen LogP contribution in [0.2, 0.25) is 0 Å². The second kappa shape index (κ2) is 7.67. The molecule has 134 valence electrons. The Labute approximate surface area is 148 Å². The zero-order chi connectivity index (χ0) is 18.6. The molecule has 0 fully saturated rings. The number of sulfonamides is 1. The highest BCUT2D eigenvalue weighted by atomic mass is 32.2. The van der Waals surface area contributed by atoms with Gasteiger partial charge in [0.15, 0.2) is 6.61 Å².